The Labute approximate surface area is 77.6 Å². The van der Waals surface area contributed by atoms with Gasteiger partial charge >= 0.3 is 0 Å². The van der Waals surface area contributed by atoms with Crippen LogP contribution in [0.1, 0.15) is 12.8 Å². The van der Waals surface area contributed by atoms with Crippen LogP contribution in [-0.4, -0.2) is 31.5 Å². The van der Waals surface area contributed by atoms with Gasteiger partial charge < -0.3 is 22.1 Å². The highest BCUT2D eigenvalue weighted by molar-refractivity contribution is 5.81. The van der Waals surface area contributed by atoms with Gasteiger partial charge in [0.1, 0.15) is 0 Å². The molecule has 0 radical (unpaired) electrons. The first kappa shape index (κ1) is 11.7. The number of likely N-dealkylation sites (N-methyl/N-ethyl adjacent to an activating group) is 1. The number of nitrogens with two attached hydrogens (primary N) is 2. The van der Waals surface area contributed by atoms with Crippen molar-refractivity contribution in [3.63, 3.8) is 0 Å². The lowest BCUT2D eigenvalue weighted by atomic mass is 10.1. The van der Waals surface area contributed by atoms with Crippen molar-refractivity contribution in [3.05, 3.63) is 0 Å². The Morgan fingerprint density at radius 3 is 2.69 bits per heavy atom. The molecule has 0 aliphatic carbocycles. The van der Waals surface area contributed by atoms with Crippen molar-refractivity contribution in [2.75, 3.05) is 13.6 Å². The molecule has 0 spiro atoms. The number of guanidine groups is 1. The van der Waals surface area contributed by atoms with Gasteiger partial charge in [-0.25, -0.2) is 0 Å². The normalized spacial score (nSPS) is 11.8. The first-order valence-electron chi connectivity index (χ1n) is 4.13. The number of carbonyl (C=O) groups excluding carboxylic acids is 1. The molecule has 13 heavy (non-hydrogen) atoms. The monoisotopic (exact) mass is 187 g/mol. The number of nitrogens with one attached hydrogen (secondary N) is 3. The second-order valence-corrected chi connectivity index (χ2v) is 2.70. The third-order valence-electron chi connectivity index (χ3n) is 1.59. The van der Waals surface area contributed by atoms with Crippen LogP contribution in [0.5, 0.6) is 0 Å². The molecule has 1 atom stereocenters. The first-order chi connectivity index (χ1) is 6.07. The van der Waals surface area contributed by atoms with Gasteiger partial charge in [-0.15, -0.1) is 0 Å². The predicted molar refractivity (Wildman–Crippen MR) is 51.2 cm³/mol. The average Bonchev–Trinajstić information content (AvgIpc) is 2.10. The lowest BCUT2D eigenvalue weighted by molar-refractivity contribution is -0.122. The Bertz CT molecular complexity index is 182. The summed E-state index contributed by atoms with van der Waals surface area (Å²) >= 11 is 0. The maximum absolute atomic E-state index is 10.9. The van der Waals surface area contributed by atoms with Crippen LogP contribution in [0.4, 0.5) is 0 Å². The van der Waals surface area contributed by atoms with Crippen molar-refractivity contribution in [1.82, 2.24) is 10.6 Å². The topological polar surface area (TPSA) is 117 Å². The standard InChI is InChI=1S/C7H17N5O/c1-11-6(13)5(8)3-2-4-12-7(9)10/h5H,2-4,8H2,1H3,(H,11,13)(H4,9,10,12). The number of carbonyl (C=O) groups is 1. The highest BCUT2D eigenvalue weighted by Crippen LogP contribution is 1.92. The van der Waals surface area contributed by atoms with E-state index in [0.717, 1.165) is 0 Å². The lowest BCUT2D eigenvalue weighted by Crippen LogP contribution is -2.39. The number of hydrogen-bond acceptors (Lipinski definition) is 3. The molecule has 6 nitrogen and oxygen atoms in total. The molecule has 1 amide bonds. The molecule has 0 aromatic rings. The minimum absolute atomic E-state index is 0.0616. The molecule has 0 aromatic heterocycles. The minimum atomic E-state index is -0.473. The van der Waals surface area contributed by atoms with Crippen molar-refractivity contribution >= 4 is 11.9 Å². The van der Waals surface area contributed by atoms with Gasteiger partial charge in [0, 0.05) is 13.6 Å². The van der Waals surface area contributed by atoms with Gasteiger partial charge in [-0.3, -0.25) is 10.2 Å². The van der Waals surface area contributed by atoms with Gasteiger partial charge in [0.2, 0.25) is 5.91 Å². The lowest BCUT2D eigenvalue weighted by Gasteiger charge is -2.09. The molecule has 0 aromatic carbocycles. The van der Waals surface area contributed by atoms with Gasteiger partial charge in [0.05, 0.1) is 6.04 Å². The van der Waals surface area contributed by atoms with E-state index in [4.69, 9.17) is 16.9 Å². The van der Waals surface area contributed by atoms with E-state index in [0.29, 0.717) is 19.4 Å². The van der Waals surface area contributed by atoms with Crippen molar-refractivity contribution in [2.45, 2.75) is 18.9 Å². The second-order valence-electron chi connectivity index (χ2n) is 2.70. The number of hydrogen-bond donors (Lipinski definition) is 5. The van der Waals surface area contributed by atoms with Gasteiger partial charge in [-0.2, -0.15) is 0 Å². The Morgan fingerprint density at radius 2 is 2.23 bits per heavy atom. The van der Waals surface area contributed by atoms with E-state index >= 15 is 0 Å². The summed E-state index contributed by atoms with van der Waals surface area (Å²) < 4.78 is 0. The van der Waals surface area contributed by atoms with E-state index in [1.54, 1.807) is 7.05 Å². The largest absolute Gasteiger partial charge is 0.370 e. The molecule has 0 fully saturated rings. The quantitative estimate of drug-likeness (QED) is 0.201. The highest BCUT2D eigenvalue weighted by Gasteiger charge is 2.09. The van der Waals surface area contributed by atoms with E-state index in [9.17, 15) is 4.79 Å². The molecule has 0 rings (SSSR count). The van der Waals surface area contributed by atoms with Crippen molar-refractivity contribution in [3.8, 4) is 0 Å². The summed E-state index contributed by atoms with van der Waals surface area (Å²) in [4.78, 5) is 10.9. The van der Waals surface area contributed by atoms with E-state index in [-0.39, 0.29) is 11.9 Å². The third kappa shape index (κ3) is 5.92. The molecule has 0 aliphatic rings. The fraction of sp³-hybridized carbons (Fsp3) is 0.714. The van der Waals surface area contributed by atoms with E-state index in [1.807, 2.05) is 0 Å². The summed E-state index contributed by atoms with van der Waals surface area (Å²) in [6.45, 7) is 0.569. The molecular formula is C7H17N5O. The van der Waals surface area contributed by atoms with E-state index < -0.39 is 6.04 Å². The first-order valence-corrected chi connectivity index (χ1v) is 4.13. The summed E-state index contributed by atoms with van der Waals surface area (Å²) in [5.41, 5.74) is 10.6. The summed E-state index contributed by atoms with van der Waals surface area (Å²) in [6.07, 6.45) is 1.30. The molecule has 0 saturated heterocycles. The molecule has 0 aliphatic heterocycles. The van der Waals surface area contributed by atoms with Crippen molar-refractivity contribution < 1.29 is 4.79 Å². The van der Waals surface area contributed by atoms with Crippen LogP contribution in [-0.2, 0) is 4.79 Å². The van der Waals surface area contributed by atoms with Gasteiger partial charge in [-0.1, -0.05) is 0 Å². The Morgan fingerprint density at radius 1 is 1.62 bits per heavy atom. The van der Waals surface area contributed by atoms with Crippen LogP contribution < -0.4 is 22.1 Å². The summed E-state index contributed by atoms with van der Waals surface area (Å²) in [7, 11) is 1.55. The third-order valence-corrected chi connectivity index (χ3v) is 1.59. The minimum Gasteiger partial charge on any atom is -0.370 e. The SMILES string of the molecule is CNC(=O)C(N)CCCNC(=N)N. The second kappa shape index (κ2) is 6.24. The fourth-order valence-corrected chi connectivity index (χ4v) is 0.862. The fourth-order valence-electron chi connectivity index (χ4n) is 0.862. The molecule has 6 heteroatoms. The zero-order chi connectivity index (χ0) is 10.3. The Hall–Kier alpha value is -1.30. The summed E-state index contributed by atoms with van der Waals surface area (Å²) in [5.74, 6) is -0.226. The molecule has 7 N–H and O–H groups in total. The molecule has 76 valence electrons. The van der Waals surface area contributed by atoms with Crippen LogP contribution in [0.15, 0.2) is 0 Å². The molecule has 1 unspecified atom stereocenters. The van der Waals surface area contributed by atoms with Crippen LogP contribution >= 0.6 is 0 Å². The maximum atomic E-state index is 10.9. The predicted octanol–water partition coefficient (Wildman–Crippen LogP) is -1.68. The van der Waals surface area contributed by atoms with E-state index in [1.165, 1.54) is 0 Å². The number of amides is 1. The Kier molecular flexibility index (Phi) is 5.62. The van der Waals surface area contributed by atoms with Crippen LogP contribution in [0.2, 0.25) is 0 Å². The van der Waals surface area contributed by atoms with Crippen LogP contribution in [0, 0.1) is 5.41 Å². The molecular weight excluding hydrogens is 170 g/mol. The summed E-state index contributed by atoms with van der Waals surface area (Å²) in [5, 5.41) is 12.0. The smallest absolute Gasteiger partial charge is 0.236 e. The zero-order valence-corrected chi connectivity index (χ0v) is 7.76. The molecule has 0 heterocycles. The average molecular weight is 187 g/mol. The zero-order valence-electron chi connectivity index (χ0n) is 7.76. The van der Waals surface area contributed by atoms with Crippen molar-refractivity contribution in [1.29, 1.82) is 5.41 Å². The van der Waals surface area contributed by atoms with Gasteiger partial charge in [0.25, 0.3) is 0 Å². The Balaban J connectivity index is 3.42. The highest BCUT2D eigenvalue weighted by atomic mass is 16.2. The van der Waals surface area contributed by atoms with Gasteiger partial charge in [-0.05, 0) is 12.8 Å². The maximum Gasteiger partial charge on any atom is 0.236 e. The van der Waals surface area contributed by atoms with Gasteiger partial charge in [0.15, 0.2) is 5.96 Å². The molecule has 0 bridgehead atoms. The van der Waals surface area contributed by atoms with Crippen LogP contribution in [0.25, 0.3) is 0 Å². The van der Waals surface area contributed by atoms with Crippen LogP contribution in [0.3, 0.4) is 0 Å². The van der Waals surface area contributed by atoms with Crippen molar-refractivity contribution in [2.24, 2.45) is 11.5 Å². The molecule has 0 saturated carbocycles. The number of rotatable bonds is 5. The summed E-state index contributed by atoms with van der Waals surface area (Å²) in [6, 6.07) is -0.473. The van der Waals surface area contributed by atoms with E-state index in [2.05, 4.69) is 10.6 Å².